The summed E-state index contributed by atoms with van der Waals surface area (Å²) in [5, 5.41) is 5.53. The Morgan fingerprint density at radius 1 is 1.14 bits per heavy atom. The van der Waals surface area contributed by atoms with Gasteiger partial charge >= 0.3 is 0 Å². The summed E-state index contributed by atoms with van der Waals surface area (Å²) >= 11 is 0. The van der Waals surface area contributed by atoms with E-state index in [0.29, 0.717) is 18.5 Å². The lowest BCUT2D eigenvalue weighted by Crippen LogP contribution is -2.28. The van der Waals surface area contributed by atoms with Crippen molar-refractivity contribution in [1.29, 1.82) is 0 Å². The highest BCUT2D eigenvalue weighted by Gasteiger charge is 2.20. The van der Waals surface area contributed by atoms with E-state index < -0.39 is 10.0 Å². The topological polar surface area (TPSA) is 104 Å². The summed E-state index contributed by atoms with van der Waals surface area (Å²) in [5.41, 5.74) is 4.21. The lowest BCUT2D eigenvalue weighted by Gasteiger charge is -2.17. The van der Waals surface area contributed by atoms with Crippen LogP contribution in [-0.4, -0.2) is 26.8 Å². The maximum Gasteiger partial charge on any atom is 0.240 e. The standard InChI is InChI=1S/C20H23N3O4S/c1-13-4-3-5-17(14(13)2)22-20(25)10-11-21-28(26,27)16-7-8-18-15(12-16)6-9-19(24)23-18/h3-5,7-8,12,21H,6,9-11H2,1-2H3,(H,22,25)(H,23,24). The van der Waals surface area contributed by atoms with Crippen molar-refractivity contribution in [3.8, 4) is 0 Å². The van der Waals surface area contributed by atoms with E-state index in [2.05, 4.69) is 15.4 Å². The number of carbonyl (C=O) groups excluding carboxylic acids is 2. The first-order valence-corrected chi connectivity index (χ1v) is 10.5. The van der Waals surface area contributed by atoms with E-state index in [1.165, 1.54) is 6.07 Å². The van der Waals surface area contributed by atoms with Gasteiger partial charge in [-0.3, -0.25) is 9.59 Å². The highest BCUT2D eigenvalue weighted by molar-refractivity contribution is 7.89. The van der Waals surface area contributed by atoms with Gasteiger partial charge in [0, 0.05) is 30.8 Å². The minimum atomic E-state index is -3.73. The number of sulfonamides is 1. The van der Waals surface area contributed by atoms with Gasteiger partial charge in [-0.1, -0.05) is 12.1 Å². The van der Waals surface area contributed by atoms with Crippen molar-refractivity contribution in [2.45, 2.75) is 38.0 Å². The van der Waals surface area contributed by atoms with E-state index in [-0.39, 0.29) is 29.7 Å². The Labute approximate surface area is 164 Å². The molecule has 2 aromatic carbocycles. The third-order valence-corrected chi connectivity index (χ3v) is 6.26. The Kier molecular flexibility index (Phi) is 5.81. The largest absolute Gasteiger partial charge is 0.326 e. The smallest absolute Gasteiger partial charge is 0.240 e. The molecule has 0 atom stereocenters. The fourth-order valence-electron chi connectivity index (χ4n) is 3.01. The van der Waals surface area contributed by atoms with E-state index in [1.807, 2.05) is 32.0 Å². The number of fused-ring (bicyclic) bond motifs is 1. The third-order valence-electron chi connectivity index (χ3n) is 4.81. The van der Waals surface area contributed by atoms with Crippen LogP contribution in [0.15, 0.2) is 41.3 Å². The zero-order chi connectivity index (χ0) is 20.3. The summed E-state index contributed by atoms with van der Waals surface area (Å²) in [6.07, 6.45) is 0.860. The molecule has 28 heavy (non-hydrogen) atoms. The van der Waals surface area contributed by atoms with Gasteiger partial charge in [-0.2, -0.15) is 0 Å². The summed E-state index contributed by atoms with van der Waals surface area (Å²) in [6, 6.07) is 10.2. The second-order valence-corrected chi connectivity index (χ2v) is 8.58. The number of hydrogen-bond acceptors (Lipinski definition) is 4. The molecule has 0 radical (unpaired) electrons. The molecule has 0 aromatic heterocycles. The molecule has 1 aliphatic heterocycles. The van der Waals surface area contributed by atoms with E-state index in [0.717, 1.165) is 22.4 Å². The molecule has 0 fully saturated rings. The molecular weight excluding hydrogens is 378 g/mol. The number of amides is 2. The van der Waals surface area contributed by atoms with Gasteiger partial charge < -0.3 is 10.6 Å². The second kappa shape index (κ2) is 8.12. The summed E-state index contributed by atoms with van der Waals surface area (Å²) in [7, 11) is -3.73. The molecule has 2 aromatic rings. The fourth-order valence-corrected chi connectivity index (χ4v) is 4.09. The molecule has 2 amide bonds. The Hall–Kier alpha value is -2.71. The van der Waals surface area contributed by atoms with Crippen molar-refractivity contribution < 1.29 is 18.0 Å². The van der Waals surface area contributed by atoms with Crippen LogP contribution in [0, 0.1) is 13.8 Å². The Bertz CT molecular complexity index is 1030. The highest BCUT2D eigenvalue weighted by atomic mass is 32.2. The first kappa shape index (κ1) is 20.0. The highest BCUT2D eigenvalue weighted by Crippen LogP contribution is 2.25. The van der Waals surface area contributed by atoms with Crippen molar-refractivity contribution in [3.05, 3.63) is 53.1 Å². The van der Waals surface area contributed by atoms with Gasteiger partial charge in [0.1, 0.15) is 0 Å². The van der Waals surface area contributed by atoms with Crippen molar-refractivity contribution in [2.24, 2.45) is 0 Å². The van der Waals surface area contributed by atoms with Crippen LogP contribution in [0.4, 0.5) is 11.4 Å². The van der Waals surface area contributed by atoms with Crippen molar-refractivity contribution in [1.82, 2.24) is 4.72 Å². The number of benzene rings is 2. The van der Waals surface area contributed by atoms with Gasteiger partial charge in [0.05, 0.1) is 4.90 Å². The molecule has 3 rings (SSSR count). The van der Waals surface area contributed by atoms with Gasteiger partial charge in [-0.15, -0.1) is 0 Å². The average molecular weight is 401 g/mol. The summed E-state index contributed by atoms with van der Waals surface area (Å²) in [5.74, 6) is -0.333. The monoisotopic (exact) mass is 401 g/mol. The fraction of sp³-hybridized carbons (Fsp3) is 0.300. The predicted octanol–water partition coefficient (Wildman–Crippen LogP) is 2.50. The molecule has 0 aliphatic carbocycles. The van der Waals surface area contributed by atoms with Gasteiger partial charge in [-0.25, -0.2) is 13.1 Å². The van der Waals surface area contributed by atoms with Gasteiger partial charge in [-0.05, 0) is 61.2 Å². The van der Waals surface area contributed by atoms with Crippen LogP contribution in [-0.2, 0) is 26.0 Å². The van der Waals surface area contributed by atoms with E-state index in [4.69, 9.17) is 0 Å². The average Bonchev–Trinajstić information content (AvgIpc) is 2.65. The first-order chi connectivity index (χ1) is 13.3. The number of nitrogens with one attached hydrogen (secondary N) is 3. The lowest BCUT2D eigenvalue weighted by molar-refractivity contribution is -0.117. The quantitative estimate of drug-likeness (QED) is 0.692. The van der Waals surface area contributed by atoms with Gasteiger partial charge in [0.2, 0.25) is 21.8 Å². The van der Waals surface area contributed by atoms with Gasteiger partial charge in [0.15, 0.2) is 0 Å². The van der Waals surface area contributed by atoms with Crippen LogP contribution >= 0.6 is 0 Å². The molecule has 0 saturated heterocycles. The normalized spacial score (nSPS) is 13.6. The molecule has 0 unspecified atom stereocenters. The minimum Gasteiger partial charge on any atom is -0.326 e. The van der Waals surface area contributed by atoms with Crippen LogP contribution < -0.4 is 15.4 Å². The molecule has 1 aliphatic rings. The van der Waals surface area contributed by atoms with Crippen LogP contribution in [0.25, 0.3) is 0 Å². The molecule has 7 nitrogen and oxygen atoms in total. The number of aryl methyl sites for hydroxylation is 2. The van der Waals surface area contributed by atoms with Crippen molar-refractivity contribution in [3.63, 3.8) is 0 Å². The SMILES string of the molecule is Cc1cccc(NC(=O)CCNS(=O)(=O)c2ccc3c(c2)CCC(=O)N3)c1C. The molecule has 8 heteroatoms. The summed E-state index contributed by atoms with van der Waals surface area (Å²) < 4.78 is 27.4. The Morgan fingerprint density at radius 3 is 2.71 bits per heavy atom. The van der Waals surface area contributed by atoms with Crippen molar-refractivity contribution in [2.75, 3.05) is 17.2 Å². The van der Waals surface area contributed by atoms with Gasteiger partial charge in [0.25, 0.3) is 0 Å². The molecular formula is C20H23N3O4S. The number of hydrogen-bond donors (Lipinski definition) is 3. The van der Waals surface area contributed by atoms with E-state index in [9.17, 15) is 18.0 Å². The van der Waals surface area contributed by atoms with Crippen LogP contribution in [0.3, 0.4) is 0 Å². The molecule has 1 heterocycles. The van der Waals surface area contributed by atoms with E-state index in [1.54, 1.807) is 12.1 Å². The molecule has 0 saturated carbocycles. The molecule has 148 valence electrons. The first-order valence-electron chi connectivity index (χ1n) is 9.05. The summed E-state index contributed by atoms with van der Waals surface area (Å²) in [6.45, 7) is 3.88. The molecule has 0 bridgehead atoms. The molecule has 0 spiro atoms. The zero-order valence-corrected chi connectivity index (χ0v) is 16.7. The number of rotatable bonds is 6. The number of anilines is 2. The zero-order valence-electron chi connectivity index (χ0n) is 15.8. The lowest BCUT2D eigenvalue weighted by atomic mass is 10.0. The Balaban J connectivity index is 1.58. The number of carbonyl (C=O) groups is 2. The van der Waals surface area contributed by atoms with Crippen LogP contribution in [0.1, 0.15) is 29.5 Å². The maximum absolute atomic E-state index is 12.5. The minimum absolute atomic E-state index is 0.00709. The summed E-state index contributed by atoms with van der Waals surface area (Å²) in [4.78, 5) is 23.7. The maximum atomic E-state index is 12.5. The second-order valence-electron chi connectivity index (χ2n) is 6.81. The van der Waals surface area contributed by atoms with Crippen LogP contribution in [0.2, 0.25) is 0 Å². The Morgan fingerprint density at radius 2 is 1.93 bits per heavy atom. The van der Waals surface area contributed by atoms with Crippen molar-refractivity contribution >= 4 is 33.2 Å². The molecule has 3 N–H and O–H groups in total. The van der Waals surface area contributed by atoms with Crippen LogP contribution in [0.5, 0.6) is 0 Å². The van der Waals surface area contributed by atoms with E-state index >= 15 is 0 Å². The third kappa shape index (κ3) is 4.58. The predicted molar refractivity (Wildman–Crippen MR) is 108 cm³/mol.